The molecule has 0 amide bonds. The Bertz CT molecular complexity index is 625. The zero-order valence-corrected chi connectivity index (χ0v) is 14.1. The highest BCUT2D eigenvalue weighted by Gasteiger charge is 2.12. The predicted octanol–water partition coefficient (Wildman–Crippen LogP) is 5.01. The molecule has 2 nitrogen and oxygen atoms in total. The monoisotopic (exact) mass is 361 g/mol. The van der Waals surface area contributed by atoms with E-state index in [4.69, 9.17) is 17.0 Å². The van der Waals surface area contributed by atoms with Crippen LogP contribution in [0.1, 0.15) is 23.6 Å². The maximum atomic E-state index is 5.21. The summed E-state index contributed by atoms with van der Waals surface area (Å²) in [6.07, 6.45) is 2.55. The predicted molar refractivity (Wildman–Crippen MR) is 95.7 cm³/mol. The summed E-state index contributed by atoms with van der Waals surface area (Å²) in [7, 11) is 1.67. The van der Waals surface area contributed by atoms with Crippen molar-refractivity contribution in [3.8, 4) is 5.75 Å². The molecule has 1 atom stereocenters. The quantitative estimate of drug-likeness (QED) is 0.532. The van der Waals surface area contributed by atoms with Gasteiger partial charge >= 0.3 is 0 Å². The van der Waals surface area contributed by atoms with E-state index >= 15 is 0 Å². The van der Waals surface area contributed by atoms with E-state index in [1.165, 1.54) is 0 Å². The molecule has 2 aromatic carbocycles. The Kier molecular flexibility index (Phi) is 6.08. The maximum absolute atomic E-state index is 5.21. The van der Waals surface area contributed by atoms with E-state index < -0.39 is 0 Å². The van der Waals surface area contributed by atoms with Gasteiger partial charge in [-0.3, -0.25) is 4.99 Å². The molecule has 21 heavy (non-hydrogen) atoms. The topological polar surface area (TPSA) is 21.6 Å². The molecule has 2 aromatic rings. The fraction of sp³-hybridized carbons (Fsp3) is 0.176. The Balaban J connectivity index is 2.36. The molecule has 0 aliphatic carbocycles. The van der Waals surface area contributed by atoms with Crippen LogP contribution in [0.4, 0.5) is 0 Å². The third-order valence-corrected chi connectivity index (χ3v) is 3.74. The second-order valence-corrected chi connectivity index (χ2v) is 5.71. The summed E-state index contributed by atoms with van der Waals surface area (Å²) in [6, 6.07) is 16.1. The van der Waals surface area contributed by atoms with Gasteiger partial charge in [0.2, 0.25) is 0 Å². The molecule has 0 spiro atoms. The van der Waals surface area contributed by atoms with Crippen LogP contribution in [0.3, 0.4) is 0 Å². The Morgan fingerprint density at radius 1 is 1.19 bits per heavy atom. The molecular weight excluding hydrogens is 346 g/mol. The Morgan fingerprint density at radius 3 is 2.57 bits per heavy atom. The number of hydrogen-bond acceptors (Lipinski definition) is 3. The fourth-order valence-electron chi connectivity index (χ4n) is 2.04. The van der Waals surface area contributed by atoms with E-state index in [2.05, 4.69) is 33.1 Å². The second-order valence-electron chi connectivity index (χ2n) is 4.46. The van der Waals surface area contributed by atoms with Gasteiger partial charge < -0.3 is 4.74 Å². The molecule has 0 aliphatic rings. The van der Waals surface area contributed by atoms with Crippen LogP contribution in [0, 0.1) is 0 Å². The van der Waals surface area contributed by atoms with Gasteiger partial charge in [-0.15, -0.1) is 0 Å². The number of ether oxygens (including phenoxy) is 1. The highest BCUT2D eigenvalue weighted by Crippen LogP contribution is 2.29. The number of thiocarbonyl (C=S) groups is 1. The molecule has 0 saturated carbocycles. The van der Waals surface area contributed by atoms with Gasteiger partial charge in [0.15, 0.2) is 0 Å². The van der Waals surface area contributed by atoms with Crippen LogP contribution in [0.25, 0.3) is 0 Å². The molecule has 1 unspecified atom stereocenters. The molecule has 108 valence electrons. The number of aliphatic imine (C=N–C) groups is 1. The summed E-state index contributed by atoms with van der Waals surface area (Å²) in [4.78, 5) is 4.67. The number of hydrogen-bond donors (Lipinski definition) is 0. The van der Waals surface area contributed by atoms with Gasteiger partial charge in [-0.1, -0.05) is 52.4 Å². The first-order chi connectivity index (χ1) is 10.2. The summed E-state index contributed by atoms with van der Waals surface area (Å²) in [5.41, 5.74) is 2.25. The van der Waals surface area contributed by atoms with Crippen LogP contribution < -0.4 is 4.74 Å². The van der Waals surface area contributed by atoms with Gasteiger partial charge in [-0.25, -0.2) is 0 Å². The molecule has 0 fully saturated rings. The summed E-state index contributed by atoms with van der Waals surface area (Å²) in [5, 5.41) is 1.68. The molecule has 0 radical (unpaired) electrons. The van der Waals surface area contributed by atoms with Crippen molar-refractivity contribution >= 4 is 39.7 Å². The van der Waals surface area contributed by atoms with Crippen molar-refractivity contribution in [1.29, 1.82) is 0 Å². The number of halogens is 1. The van der Waals surface area contributed by atoms with E-state index in [0.29, 0.717) is 6.42 Å². The maximum Gasteiger partial charge on any atom is 0.118 e. The molecule has 4 heteroatoms. The minimum absolute atomic E-state index is 0.0386. The first-order valence-corrected chi connectivity index (χ1v) is 7.85. The highest BCUT2D eigenvalue weighted by molar-refractivity contribution is 9.10. The minimum Gasteiger partial charge on any atom is -0.497 e. The minimum atomic E-state index is -0.0386. The van der Waals surface area contributed by atoms with Crippen LogP contribution in [-0.4, -0.2) is 18.7 Å². The largest absolute Gasteiger partial charge is 0.497 e. The third-order valence-electron chi connectivity index (χ3n) is 3.05. The van der Waals surface area contributed by atoms with E-state index in [1.54, 1.807) is 12.5 Å². The normalized spacial score (nSPS) is 12.3. The summed E-state index contributed by atoms with van der Waals surface area (Å²) in [5.74, 6) is 0.842. The van der Waals surface area contributed by atoms with Crippen LogP contribution in [-0.2, 0) is 0 Å². The highest BCUT2D eigenvalue weighted by atomic mass is 79.9. The van der Waals surface area contributed by atoms with Gasteiger partial charge in [-0.05, 0) is 40.8 Å². The number of nitrogens with zero attached hydrogens (tertiary/aromatic N) is 1. The zero-order valence-electron chi connectivity index (χ0n) is 11.7. The van der Waals surface area contributed by atoms with Gasteiger partial charge in [0.05, 0.1) is 13.2 Å². The molecule has 2 rings (SSSR count). The molecular formula is C17H16BrNOS. The summed E-state index contributed by atoms with van der Waals surface area (Å²) < 4.78 is 6.25. The van der Waals surface area contributed by atoms with Crippen LogP contribution in [0.15, 0.2) is 58.0 Å². The lowest BCUT2D eigenvalue weighted by Crippen LogP contribution is -1.99. The number of methoxy groups -OCH3 is 1. The van der Waals surface area contributed by atoms with Crippen LogP contribution >= 0.6 is 28.1 Å². The fourth-order valence-corrected chi connectivity index (χ4v) is 2.54. The van der Waals surface area contributed by atoms with Gasteiger partial charge in [-0.2, -0.15) is 0 Å². The van der Waals surface area contributed by atoms with Crippen molar-refractivity contribution in [2.45, 2.75) is 12.5 Å². The average Bonchev–Trinajstić information content (AvgIpc) is 2.52. The zero-order chi connectivity index (χ0) is 15.1. The number of rotatable bonds is 6. The van der Waals surface area contributed by atoms with Crippen LogP contribution in [0.5, 0.6) is 5.75 Å². The summed E-state index contributed by atoms with van der Waals surface area (Å²) >= 11 is 8.36. The average molecular weight is 362 g/mol. The van der Waals surface area contributed by atoms with Crippen molar-refractivity contribution in [1.82, 2.24) is 0 Å². The molecule has 0 heterocycles. The van der Waals surface area contributed by atoms with Gasteiger partial charge in [0.1, 0.15) is 5.75 Å². The lowest BCUT2D eigenvalue weighted by Gasteiger charge is -2.14. The Labute approximate surface area is 139 Å². The molecule has 0 bridgehead atoms. The van der Waals surface area contributed by atoms with Crippen molar-refractivity contribution in [2.24, 2.45) is 4.99 Å². The van der Waals surface area contributed by atoms with E-state index in [0.717, 1.165) is 21.3 Å². The Morgan fingerprint density at radius 2 is 1.95 bits per heavy atom. The van der Waals surface area contributed by atoms with E-state index in [1.807, 2.05) is 42.6 Å². The van der Waals surface area contributed by atoms with Crippen LogP contribution in [0.2, 0.25) is 0 Å². The van der Waals surface area contributed by atoms with Crippen molar-refractivity contribution in [2.75, 3.05) is 7.11 Å². The van der Waals surface area contributed by atoms with Crippen molar-refractivity contribution < 1.29 is 4.74 Å². The molecule has 0 N–H and O–H groups in total. The lowest BCUT2D eigenvalue weighted by atomic mass is 9.99. The molecule has 0 aromatic heterocycles. The van der Waals surface area contributed by atoms with E-state index in [-0.39, 0.29) is 6.04 Å². The first-order valence-electron chi connectivity index (χ1n) is 6.59. The van der Waals surface area contributed by atoms with Crippen molar-refractivity contribution in [3.63, 3.8) is 0 Å². The van der Waals surface area contributed by atoms with Gasteiger partial charge in [0.25, 0.3) is 0 Å². The van der Waals surface area contributed by atoms with E-state index in [9.17, 15) is 0 Å². The third kappa shape index (κ3) is 4.48. The SMILES string of the molecule is COc1ccc(C(N=CCC=S)c2cccc(Br)c2)cc1. The second kappa shape index (κ2) is 8.05. The smallest absolute Gasteiger partial charge is 0.118 e. The van der Waals surface area contributed by atoms with Crippen molar-refractivity contribution in [3.05, 3.63) is 64.1 Å². The summed E-state index contributed by atoms with van der Waals surface area (Å²) in [6.45, 7) is 0. The Hall–Kier alpha value is -1.52. The molecule has 0 aliphatic heterocycles. The standard InChI is InChI=1S/C17H16BrNOS/c1-20-16-8-6-13(7-9-16)17(19-10-3-11-21)14-4-2-5-15(18)12-14/h2,4-12,17H,3H2,1H3. The first kappa shape index (κ1) is 15.9. The molecule has 0 saturated heterocycles. The number of benzene rings is 2. The lowest BCUT2D eigenvalue weighted by molar-refractivity contribution is 0.414. The van der Waals surface area contributed by atoms with Gasteiger partial charge in [0, 0.05) is 17.1 Å².